The Hall–Kier alpha value is -3.08. The molecule has 1 aliphatic heterocycles. The van der Waals surface area contributed by atoms with Crippen LogP contribution in [0.25, 0.3) is 10.4 Å². The van der Waals surface area contributed by atoms with Gasteiger partial charge in [0.1, 0.15) is 11.5 Å². The van der Waals surface area contributed by atoms with E-state index in [1.54, 1.807) is 11.3 Å². The van der Waals surface area contributed by atoms with Crippen molar-refractivity contribution >= 4 is 40.5 Å². The second-order valence-corrected chi connectivity index (χ2v) is 8.39. The lowest BCUT2D eigenvalue weighted by Crippen LogP contribution is -2.27. The monoisotopic (exact) mass is 430 g/mol. The smallest absolute Gasteiger partial charge is 0.141 e. The van der Waals surface area contributed by atoms with Crippen LogP contribution < -0.4 is 9.64 Å². The number of halogens is 1. The Morgan fingerprint density at radius 2 is 1.80 bits per heavy atom. The maximum Gasteiger partial charge on any atom is 0.141 e. The number of thiophene rings is 1. The predicted octanol–water partition coefficient (Wildman–Crippen LogP) is 7.58. The molecule has 30 heavy (non-hydrogen) atoms. The average molecular weight is 431 g/mol. The summed E-state index contributed by atoms with van der Waals surface area (Å²) < 4.78 is 6.44. The molecule has 0 unspecified atom stereocenters. The molecular weight excluding hydrogens is 412 g/mol. The molecule has 1 aromatic heterocycles. The van der Waals surface area contributed by atoms with Gasteiger partial charge in [-0.15, -0.1) is 11.3 Å². The van der Waals surface area contributed by atoms with E-state index in [1.165, 1.54) is 4.88 Å². The first kappa shape index (κ1) is 18.9. The summed E-state index contributed by atoms with van der Waals surface area (Å²) in [6.45, 7) is 1.49. The lowest BCUT2D eigenvalue weighted by molar-refractivity contribution is 0.477. The van der Waals surface area contributed by atoms with Crippen molar-refractivity contribution in [2.24, 2.45) is 4.99 Å². The summed E-state index contributed by atoms with van der Waals surface area (Å²) >= 11 is 7.77. The second kappa shape index (κ2) is 8.34. The Kier molecular flexibility index (Phi) is 5.26. The lowest BCUT2D eigenvalue weighted by atomic mass is 10.1. The van der Waals surface area contributed by atoms with E-state index in [-0.39, 0.29) is 0 Å². The van der Waals surface area contributed by atoms with Crippen LogP contribution in [0.5, 0.6) is 11.5 Å². The van der Waals surface area contributed by atoms with E-state index in [2.05, 4.69) is 57.7 Å². The minimum absolute atomic E-state index is 0.693. The van der Waals surface area contributed by atoms with Gasteiger partial charge >= 0.3 is 0 Å². The quantitative estimate of drug-likeness (QED) is 0.326. The molecule has 4 aromatic rings. The largest absolute Gasteiger partial charge is 0.456 e. The van der Waals surface area contributed by atoms with E-state index in [1.807, 2.05) is 42.6 Å². The first-order valence-corrected chi connectivity index (χ1v) is 11.0. The topological polar surface area (TPSA) is 24.8 Å². The first-order valence-electron chi connectivity index (χ1n) is 9.73. The van der Waals surface area contributed by atoms with Crippen LogP contribution in [-0.2, 0) is 6.54 Å². The molecular formula is C25H19ClN2OS. The lowest BCUT2D eigenvalue weighted by Gasteiger charge is -2.28. The molecule has 0 bridgehead atoms. The molecule has 0 N–H and O–H groups in total. The van der Waals surface area contributed by atoms with Gasteiger partial charge in [0.25, 0.3) is 0 Å². The fraction of sp³-hybridized carbons (Fsp3) is 0.0800. The summed E-state index contributed by atoms with van der Waals surface area (Å²) in [5, 5.41) is 2.78. The van der Waals surface area contributed by atoms with Crippen molar-refractivity contribution in [2.75, 3.05) is 11.4 Å². The molecule has 148 valence electrons. The third-order valence-corrected chi connectivity index (χ3v) is 6.19. The molecule has 2 heterocycles. The van der Waals surface area contributed by atoms with E-state index < -0.39 is 0 Å². The molecule has 0 radical (unpaired) electrons. The highest BCUT2D eigenvalue weighted by molar-refractivity contribution is 7.13. The van der Waals surface area contributed by atoms with Gasteiger partial charge in [0.2, 0.25) is 0 Å². The summed E-state index contributed by atoms with van der Waals surface area (Å²) in [5.41, 5.74) is 4.36. The molecule has 0 saturated carbocycles. The van der Waals surface area contributed by atoms with Gasteiger partial charge in [-0.3, -0.25) is 4.99 Å². The van der Waals surface area contributed by atoms with Crippen LogP contribution in [0.4, 0.5) is 11.4 Å². The number of aliphatic imine (C=N–C) groups is 1. The highest BCUT2D eigenvalue weighted by atomic mass is 35.5. The SMILES string of the molecule is Clc1ccc(Oc2c(CN3CC=Nc4ccccc43)cccc2-c2cccs2)cc1. The van der Waals surface area contributed by atoms with Crippen molar-refractivity contribution in [2.45, 2.75) is 6.54 Å². The van der Waals surface area contributed by atoms with Crippen LogP contribution in [0.15, 0.2) is 89.2 Å². The fourth-order valence-electron chi connectivity index (χ4n) is 3.61. The number of hydrogen-bond donors (Lipinski definition) is 0. The Morgan fingerprint density at radius 3 is 2.63 bits per heavy atom. The number of nitrogens with zero attached hydrogens (tertiary/aromatic N) is 2. The number of rotatable bonds is 5. The number of ether oxygens (including phenoxy) is 1. The van der Waals surface area contributed by atoms with Crippen LogP contribution in [0, 0.1) is 0 Å². The van der Waals surface area contributed by atoms with Crippen molar-refractivity contribution in [3.05, 3.63) is 94.8 Å². The van der Waals surface area contributed by atoms with Crippen LogP contribution >= 0.6 is 22.9 Å². The zero-order chi connectivity index (χ0) is 20.3. The van der Waals surface area contributed by atoms with E-state index in [4.69, 9.17) is 16.3 Å². The Labute approximate surface area is 184 Å². The van der Waals surface area contributed by atoms with Crippen molar-refractivity contribution in [1.29, 1.82) is 0 Å². The number of fused-ring (bicyclic) bond motifs is 1. The van der Waals surface area contributed by atoms with E-state index >= 15 is 0 Å². The van der Waals surface area contributed by atoms with Crippen LogP contribution in [0.1, 0.15) is 5.56 Å². The molecule has 0 spiro atoms. The second-order valence-electron chi connectivity index (χ2n) is 7.01. The van der Waals surface area contributed by atoms with Gasteiger partial charge in [-0.05, 0) is 53.9 Å². The highest BCUT2D eigenvalue weighted by Gasteiger charge is 2.19. The molecule has 5 rings (SSSR count). The maximum atomic E-state index is 6.44. The average Bonchev–Trinajstić information content (AvgIpc) is 3.31. The number of anilines is 1. The minimum atomic E-state index is 0.693. The molecule has 3 nitrogen and oxygen atoms in total. The van der Waals surface area contributed by atoms with Gasteiger partial charge in [-0.25, -0.2) is 0 Å². The van der Waals surface area contributed by atoms with Crippen molar-refractivity contribution in [3.63, 3.8) is 0 Å². The normalized spacial score (nSPS) is 12.6. The standard InChI is InChI=1S/C25H19ClN2OS/c26-19-10-12-20(13-11-19)29-25-18(5-3-6-21(25)24-9-4-16-30-24)17-28-15-14-27-22-7-1-2-8-23(22)28/h1-14,16H,15,17H2. The zero-order valence-electron chi connectivity index (χ0n) is 16.2. The Balaban J connectivity index is 1.55. The van der Waals surface area contributed by atoms with Crippen molar-refractivity contribution in [1.82, 2.24) is 0 Å². The van der Waals surface area contributed by atoms with Crippen molar-refractivity contribution in [3.8, 4) is 21.9 Å². The maximum absolute atomic E-state index is 6.44. The summed E-state index contributed by atoms with van der Waals surface area (Å²) in [6.07, 6.45) is 1.96. The molecule has 0 saturated heterocycles. The fourth-order valence-corrected chi connectivity index (χ4v) is 4.48. The minimum Gasteiger partial charge on any atom is -0.456 e. The first-order chi connectivity index (χ1) is 14.8. The zero-order valence-corrected chi connectivity index (χ0v) is 17.7. The van der Waals surface area contributed by atoms with Crippen LogP contribution in [-0.4, -0.2) is 12.8 Å². The summed E-state index contributed by atoms with van der Waals surface area (Å²) in [5.74, 6) is 1.65. The number of hydrogen-bond acceptors (Lipinski definition) is 4. The summed E-state index contributed by atoms with van der Waals surface area (Å²) in [4.78, 5) is 8.04. The van der Waals surface area contributed by atoms with E-state index in [0.29, 0.717) is 5.02 Å². The molecule has 3 aromatic carbocycles. The molecule has 0 amide bonds. The van der Waals surface area contributed by atoms with Gasteiger partial charge in [0, 0.05) is 33.8 Å². The summed E-state index contributed by atoms with van der Waals surface area (Å²) in [6, 6.07) is 26.3. The molecule has 0 fully saturated rings. The highest BCUT2D eigenvalue weighted by Crippen LogP contribution is 2.40. The van der Waals surface area contributed by atoms with Gasteiger partial charge in [0.15, 0.2) is 0 Å². The Morgan fingerprint density at radius 1 is 0.933 bits per heavy atom. The van der Waals surface area contributed by atoms with E-state index in [0.717, 1.165) is 47.1 Å². The summed E-state index contributed by atoms with van der Waals surface area (Å²) in [7, 11) is 0. The number of benzene rings is 3. The van der Waals surface area contributed by atoms with Gasteiger partial charge in [-0.2, -0.15) is 0 Å². The van der Waals surface area contributed by atoms with Gasteiger partial charge < -0.3 is 9.64 Å². The van der Waals surface area contributed by atoms with Crippen LogP contribution in [0.2, 0.25) is 5.02 Å². The molecule has 5 heteroatoms. The van der Waals surface area contributed by atoms with Crippen LogP contribution in [0.3, 0.4) is 0 Å². The van der Waals surface area contributed by atoms with Crippen molar-refractivity contribution < 1.29 is 4.74 Å². The molecule has 0 atom stereocenters. The molecule has 1 aliphatic rings. The predicted molar refractivity (Wildman–Crippen MR) is 127 cm³/mol. The third kappa shape index (κ3) is 3.84. The molecule has 0 aliphatic carbocycles. The third-order valence-electron chi connectivity index (χ3n) is 5.03. The Bertz CT molecular complexity index is 1190. The van der Waals surface area contributed by atoms with Gasteiger partial charge in [-0.1, -0.05) is 41.9 Å². The number of para-hydroxylation sites is 3. The van der Waals surface area contributed by atoms with E-state index in [9.17, 15) is 0 Å². The van der Waals surface area contributed by atoms with Gasteiger partial charge in [0.05, 0.1) is 17.9 Å².